The first-order valence-electron chi connectivity index (χ1n) is 15.6. The highest BCUT2D eigenvalue weighted by atomic mass is 32.2. The monoisotopic (exact) mass is 651 g/mol. The van der Waals surface area contributed by atoms with Gasteiger partial charge in [0.1, 0.15) is 19.0 Å². The maximum Gasteiger partial charge on any atom is 0.407 e. The highest BCUT2D eigenvalue weighted by molar-refractivity contribution is 7.89. The Bertz CT molecular complexity index is 1860. The van der Waals surface area contributed by atoms with Crippen molar-refractivity contribution in [2.45, 2.75) is 50.3 Å². The number of esters is 1. The molecule has 0 bridgehead atoms. The molecule has 4 aromatic carbocycles. The zero-order valence-electron chi connectivity index (χ0n) is 26.5. The second-order valence-corrected chi connectivity index (χ2v) is 14.0. The molecule has 2 aliphatic rings. The van der Waals surface area contributed by atoms with Crippen LogP contribution in [0.5, 0.6) is 0 Å². The Morgan fingerprint density at radius 3 is 2.06 bits per heavy atom. The number of carbonyl (C=O) groups excluding carboxylic acids is 2. The van der Waals surface area contributed by atoms with E-state index in [1.54, 1.807) is 12.1 Å². The van der Waals surface area contributed by atoms with Gasteiger partial charge in [-0.3, -0.25) is 4.99 Å². The number of amides is 1. The number of amidine groups is 1. The highest BCUT2D eigenvalue weighted by Gasteiger charge is 2.43. The summed E-state index contributed by atoms with van der Waals surface area (Å²) in [6, 6.07) is 29.8. The number of hydrogen-bond acceptors (Lipinski definition) is 7. The van der Waals surface area contributed by atoms with Crippen LogP contribution in [0.15, 0.2) is 113 Å². The lowest BCUT2D eigenvalue weighted by Gasteiger charge is -2.29. The second kappa shape index (κ2) is 13.4. The molecule has 47 heavy (non-hydrogen) atoms. The third-order valence-corrected chi connectivity index (χ3v) is 10.3. The molecule has 1 N–H and O–H groups in total. The van der Waals surface area contributed by atoms with E-state index in [4.69, 9.17) is 9.47 Å². The van der Waals surface area contributed by atoms with E-state index in [0.29, 0.717) is 0 Å². The molecule has 4 aromatic rings. The van der Waals surface area contributed by atoms with Crippen LogP contribution in [-0.2, 0) is 30.9 Å². The third-order valence-electron chi connectivity index (χ3n) is 8.55. The Kier molecular flexibility index (Phi) is 9.13. The Hall–Kier alpha value is -4.96. The van der Waals surface area contributed by atoms with Crippen LogP contribution in [0, 0.1) is 12.8 Å². The number of aliphatic imine (C=N–C) groups is 1. The zero-order chi connectivity index (χ0) is 33.1. The van der Waals surface area contributed by atoms with E-state index in [2.05, 4.69) is 22.4 Å². The minimum absolute atomic E-state index is 0.0251. The Labute approximate surface area is 275 Å². The lowest BCUT2D eigenvalue weighted by atomic mass is 9.98. The van der Waals surface area contributed by atoms with E-state index < -0.39 is 34.2 Å². The highest BCUT2D eigenvalue weighted by Crippen LogP contribution is 2.44. The first kappa shape index (κ1) is 32.0. The predicted molar refractivity (Wildman–Crippen MR) is 179 cm³/mol. The molecule has 0 aromatic heterocycles. The van der Waals surface area contributed by atoms with Crippen molar-refractivity contribution in [2.75, 3.05) is 13.2 Å². The molecule has 0 saturated carbocycles. The number of sulfonamides is 1. The number of carbonyl (C=O) groups is 2. The fourth-order valence-corrected chi connectivity index (χ4v) is 7.54. The van der Waals surface area contributed by atoms with Crippen LogP contribution in [0.3, 0.4) is 0 Å². The largest absolute Gasteiger partial charge is 0.459 e. The Morgan fingerprint density at radius 1 is 0.851 bits per heavy atom. The van der Waals surface area contributed by atoms with Crippen LogP contribution in [0.25, 0.3) is 11.1 Å². The molecule has 1 aliphatic heterocycles. The minimum Gasteiger partial charge on any atom is -0.459 e. The molecule has 0 unspecified atom stereocenters. The van der Waals surface area contributed by atoms with Gasteiger partial charge in [-0.2, -0.15) is 0 Å². The molecule has 0 radical (unpaired) electrons. The van der Waals surface area contributed by atoms with Crippen LogP contribution in [0.1, 0.15) is 42.0 Å². The predicted octanol–water partition coefficient (Wildman–Crippen LogP) is 6.07. The van der Waals surface area contributed by atoms with Crippen molar-refractivity contribution < 1.29 is 27.5 Å². The van der Waals surface area contributed by atoms with Gasteiger partial charge in [-0.1, -0.05) is 110 Å². The molecular weight excluding hydrogens is 614 g/mol. The number of ether oxygens (including phenoxy) is 2. The average molecular weight is 652 g/mol. The van der Waals surface area contributed by atoms with Crippen LogP contribution in [0.4, 0.5) is 4.79 Å². The molecule has 0 spiro atoms. The quantitative estimate of drug-likeness (QED) is 0.208. The van der Waals surface area contributed by atoms with Crippen molar-refractivity contribution in [3.63, 3.8) is 0 Å². The number of nitrogens with zero attached hydrogens (tertiary/aromatic N) is 2. The van der Waals surface area contributed by atoms with Gasteiger partial charge in [-0.25, -0.2) is 22.3 Å². The average Bonchev–Trinajstić information content (AvgIpc) is 3.66. The van der Waals surface area contributed by atoms with Gasteiger partial charge in [0.05, 0.1) is 17.5 Å². The van der Waals surface area contributed by atoms with Gasteiger partial charge in [0.25, 0.3) is 10.0 Å². The summed E-state index contributed by atoms with van der Waals surface area (Å²) in [4.78, 5) is 31.2. The molecule has 1 heterocycles. The van der Waals surface area contributed by atoms with Crippen LogP contribution in [-0.4, -0.2) is 55.9 Å². The number of aryl methyl sites for hydroxylation is 1. The number of nitrogens with one attached hydrogen (secondary N) is 1. The van der Waals surface area contributed by atoms with Crippen LogP contribution < -0.4 is 5.32 Å². The van der Waals surface area contributed by atoms with Gasteiger partial charge in [0.15, 0.2) is 6.04 Å². The maximum atomic E-state index is 14.0. The molecule has 1 aliphatic carbocycles. The van der Waals surface area contributed by atoms with E-state index in [-0.39, 0.29) is 42.3 Å². The van der Waals surface area contributed by atoms with Gasteiger partial charge in [0, 0.05) is 5.92 Å². The van der Waals surface area contributed by atoms with Gasteiger partial charge in [-0.05, 0) is 52.8 Å². The molecule has 1 amide bonds. The third kappa shape index (κ3) is 6.64. The summed E-state index contributed by atoms with van der Waals surface area (Å²) in [5, 5.41) is 2.86. The van der Waals surface area contributed by atoms with E-state index in [0.717, 1.165) is 37.7 Å². The Balaban J connectivity index is 1.23. The molecule has 0 saturated heterocycles. The van der Waals surface area contributed by atoms with Crippen LogP contribution in [0.2, 0.25) is 0 Å². The van der Waals surface area contributed by atoms with Gasteiger partial charge in [0.2, 0.25) is 0 Å². The SMILES string of the molecule is Cc1ccc(S(=O)(=O)N2C[C@@H](C(=O)OCc3ccccc3)N=C2[C@@H](NC(=O)OCC2c3ccccc3-c3ccccc32)C(C)C)cc1. The van der Waals surface area contributed by atoms with Gasteiger partial charge in [-0.15, -0.1) is 0 Å². The molecule has 10 heteroatoms. The van der Waals surface area contributed by atoms with Crippen molar-refractivity contribution in [2.24, 2.45) is 10.9 Å². The summed E-state index contributed by atoms with van der Waals surface area (Å²) < 4.78 is 40.4. The number of alkyl carbamates (subject to hydrolysis) is 1. The smallest absolute Gasteiger partial charge is 0.407 e. The first-order valence-corrected chi connectivity index (χ1v) is 17.1. The van der Waals surface area contributed by atoms with E-state index in [9.17, 15) is 18.0 Å². The first-order chi connectivity index (χ1) is 22.6. The fourth-order valence-electron chi connectivity index (χ4n) is 6.06. The second-order valence-electron chi connectivity index (χ2n) is 12.1. The summed E-state index contributed by atoms with van der Waals surface area (Å²) in [6.07, 6.45) is -0.712. The van der Waals surface area contributed by atoms with Crippen molar-refractivity contribution in [3.8, 4) is 11.1 Å². The zero-order valence-corrected chi connectivity index (χ0v) is 27.3. The molecule has 6 rings (SSSR count). The summed E-state index contributed by atoms with van der Waals surface area (Å²) in [7, 11) is -4.14. The van der Waals surface area contributed by atoms with Crippen LogP contribution >= 0.6 is 0 Å². The molecular formula is C37H37N3O6S. The Morgan fingerprint density at radius 2 is 1.45 bits per heavy atom. The van der Waals surface area contributed by atoms with E-state index >= 15 is 0 Å². The van der Waals surface area contributed by atoms with E-state index in [1.165, 1.54) is 12.1 Å². The maximum absolute atomic E-state index is 14.0. The van der Waals surface area contributed by atoms with Gasteiger partial charge < -0.3 is 14.8 Å². The molecule has 2 atom stereocenters. The topological polar surface area (TPSA) is 114 Å². The summed E-state index contributed by atoms with van der Waals surface area (Å²) >= 11 is 0. The number of rotatable bonds is 10. The minimum atomic E-state index is -4.14. The summed E-state index contributed by atoms with van der Waals surface area (Å²) in [5.41, 5.74) is 6.07. The lowest BCUT2D eigenvalue weighted by molar-refractivity contribution is -0.146. The summed E-state index contributed by atoms with van der Waals surface area (Å²) in [5.74, 6) is -1.05. The normalized spacial score (nSPS) is 16.3. The van der Waals surface area contributed by atoms with Crippen molar-refractivity contribution >= 4 is 27.9 Å². The molecule has 242 valence electrons. The number of hydrogen-bond donors (Lipinski definition) is 1. The fraction of sp³-hybridized carbons (Fsp3) is 0.270. The van der Waals surface area contributed by atoms with Gasteiger partial charge >= 0.3 is 12.1 Å². The molecule has 0 fully saturated rings. The van der Waals surface area contributed by atoms with E-state index in [1.807, 2.05) is 87.5 Å². The standard InChI is InChI=1S/C37H37N3O6S/c1-24(2)34(39-37(42)46-23-32-30-15-9-7-13-28(30)29-14-8-10-16-31(29)32)35-38-33(36(41)45-22-26-11-5-4-6-12-26)21-40(35)47(43,44)27-19-17-25(3)18-20-27/h4-20,24,32-34H,21-23H2,1-3H3,(H,39,42)/t33-,34-/m0/s1. The number of fused-ring (bicyclic) bond motifs is 3. The lowest BCUT2D eigenvalue weighted by Crippen LogP contribution is -2.51. The van der Waals surface area contributed by atoms with Crippen molar-refractivity contribution in [1.29, 1.82) is 0 Å². The number of benzene rings is 4. The summed E-state index contributed by atoms with van der Waals surface area (Å²) in [6.45, 7) is 5.41. The van der Waals surface area contributed by atoms with Crippen molar-refractivity contribution in [1.82, 2.24) is 9.62 Å². The molecule has 9 nitrogen and oxygen atoms in total. The van der Waals surface area contributed by atoms with Crippen molar-refractivity contribution in [3.05, 3.63) is 125 Å².